The molecule has 3 heterocycles. The van der Waals surface area contributed by atoms with Crippen molar-refractivity contribution in [1.82, 2.24) is 4.90 Å². The highest BCUT2D eigenvalue weighted by Crippen LogP contribution is 2.64. The number of hydrogen-bond acceptors (Lipinski definition) is 7. The number of halogens is 2. The van der Waals surface area contributed by atoms with E-state index in [1.807, 2.05) is 6.08 Å². The summed E-state index contributed by atoms with van der Waals surface area (Å²) in [7, 11) is 1.32. The molecule has 0 bridgehead atoms. The number of rotatable bonds is 3. The number of nitrogens with zero attached hydrogens (tertiary/aromatic N) is 2. The average Bonchev–Trinajstić information content (AvgIpc) is 3.31. The number of aromatic hydroxyl groups is 1. The van der Waals surface area contributed by atoms with E-state index in [0.717, 1.165) is 9.80 Å². The molecule has 1 saturated carbocycles. The number of carbonyl (C=O) groups excluding carboxylic acids is 4. The lowest BCUT2D eigenvalue weighted by molar-refractivity contribution is -0.138. The number of amides is 4. The smallest absolute Gasteiger partial charge is 0.335 e. The van der Waals surface area contributed by atoms with Gasteiger partial charge in [0, 0.05) is 24.9 Å². The lowest BCUT2D eigenvalue weighted by atomic mass is 9.56. The molecule has 43 heavy (non-hydrogen) atoms. The number of hydrogen-bond donors (Lipinski definition) is 2. The van der Waals surface area contributed by atoms with Gasteiger partial charge in [0.25, 0.3) is 11.8 Å². The Bertz CT molecular complexity index is 1750. The topological polar surface area (TPSA) is 142 Å². The Hall–Kier alpha value is -4.15. The molecule has 6 unspecified atom stereocenters. The molecule has 2 aromatic rings. The quantitative estimate of drug-likeness (QED) is 0.300. The number of imide groups is 2. The van der Waals surface area contributed by atoms with Crippen molar-refractivity contribution in [3.63, 3.8) is 0 Å². The Labute approximate surface area is 255 Å². The number of phenolic OH excluding ortho intramolecular Hbond substituents is 1. The van der Waals surface area contributed by atoms with Gasteiger partial charge in [0.15, 0.2) is 9.75 Å². The molecule has 0 radical (unpaired) electrons. The third-order valence-electron chi connectivity index (χ3n) is 9.51. The molecule has 0 aromatic heterocycles. The number of fused-ring (bicyclic) bond motifs is 5. The van der Waals surface area contributed by atoms with Gasteiger partial charge in [-0.2, -0.15) is 0 Å². The lowest BCUT2D eigenvalue weighted by Gasteiger charge is -2.51. The van der Waals surface area contributed by atoms with Gasteiger partial charge in [-0.1, -0.05) is 17.7 Å². The van der Waals surface area contributed by atoms with E-state index in [9.17, 15) is 34.2 Å². The number of carboxylic acid groups (broad SMARTS) is 1. The standard InChI is InChI=1S/C31H24Cl2N2O8/c1-34-28(41)30(32)12-21-19(24(31(30,33)29(34)42)16-9-15-11-18(36)5-8-22(15)43-13-16)6-7-20-23(21)26(38)35(25(20)37)17-4-2-3-14(10-17)27(39)40/h2-6,8,10-11,13,20-21,23-24,36H,7,9,12H2,1H3,(H,39,40). The van der Waals surface area contributed by atoms with E-state index >= 15 is 0 Å². The summed E-state index contributed by atoms with van der Waals surface area (Å²) >= 11 is 14.4. The third-order valence-corrected chi connectivity index (χ3v) is 10.9. The van der Waals surface area contributed by atoms with Crippen LogP contribution in [0.1, 0.15) is 28.8 Å². The van der Waals surface area contributed by atoms with Crippen molar-refractivity contribution >= 4 is 58.5 Å². The predicted octanol–water partition coefficient (Wildman–Crippen LogP) is 3.64. The van der Waals surface area contributed by atoms with Gasteiger partial charge in [0.2, 0.25) is 11.8 Å². The van der Waals surface area contributed by atoms with Crippen molar-refractivity contribution in [3.8, 4) is 11.5 Å². The van der Waals surface area contributed by atoms with E-state index in [4.69, 9.17) is 27.9 Å². The number of alkyl halides is 2. The number of carbonyl (C=O) groups is 5. The molecule has 10 nitrogen and oxygen atoms in total. The van der Waals surface area contributed by atoms with Crippen LogP contribution in [0.2, 0.25) is 0 Å². The van der Waals surface area contributed by atoms with Gasteiger partial charge in [0.1, 0.15) is 11.5 Å². The van der Waals surface area contributed by atoms with E-state index in [1.165, 1.54) is 43.6 Å². The number of benzene rings is 2. The van der Waals surface area contributed by atoms with Crippen molar-refractivity contribution in [2.45, 2.75) is 29.0 Å². The number of aromatic carboxylic acids is 1. The third kappa shape index (κ3) is 3.56. The SMILES string of the molecule is CN1C(=O)C2(Cl)CC3C(=CCC4C(=O)N(c5cccc(C(=O)O)c5)C(=O)C43)C(C3=COc4ccc(O)cc4C3)C2(Cl)C1=O. The van der Waals surface area contributed by atoms with E-state index in [1.54, 1.807) is 12.1 Å². The molecule has 5 aliphatic rings. The number of likely N-dealkylation sites (tertiary alicyclic amines) is 1. The van der Waals surface area contributed by atoms with Gasteiger partial charge in [-0.05, 0) is 60.7 Å². The summed E-state index contributed by atoms with van der Waals surface area (Å²) in [5.74, 6) is -6.46. The van der Waals surface area contributed by atoms with Crippen LogP contribution < -0.4 is 9.64 Å². The first-order valence-corrected chi connectivity index (χ1v) is 14.4. The van der Waals surface area contributed by atoms with Gasteiger partial charge in [-0.15, -0.1) is 23.2 Å². The Kier molecular flexibility index (Phi) is 5.90. The summed E-state index contributed by atoms with van der Waals surface area (Å²) in [6, 6.07) is 10.2. The van der Waals surface area contributed by atoms with E-state index in [2.05, 4.69) is 0 Å². The highest BCUT2D eigenvalue weighted by atomic mass is 35.5. The van der Waals surface area contributed by atoms with Crippen LogP contribution in [-0.4, -0.2) is 61.5 Å². The Morgan fingerprint density at radius 1 is 1.02 bits per heavy atom. The number of anilines is 1. The van der Waals surface area contributed by atoms with E-state index in [-0.39, 0.29) is 36.3 Å². The van der Waals surface area contributed by atoms with E-state index < -0.39 is 63.0 Å². The molecule has 7 rings (SSSR count). The molecule has 6 atom stereocenters. The molecule has 3 fully saturated rings. The van der Waals surface area contributed by atoms with Crippen LogP contribution >= 0.6 is 23.2 Å². The van der Waals surface area contributed by atoms with Crippen molar-refractivity contribution in [1.29, 1.82) is 0 Å². The van der Waals surface area contributed by atoms with Crippen LogP contribution in [0.3, 0.4) is 0 Å². The molecule has 4 amide bonds. The Morgan fingerprint density at radius 3 is 2.53 bits per heavy atom. The zero-order chi connectivity index (χ0) is 30.6. The Balaban J connectivity index is 1.35. The van der Waals surface area contributed by atoms with Crippen LogP contribution in [0.5, 0.6) is 11.5 Å². The average molecular weight is 623 g/mol. The maximum absolute atomic E-state index is 14.1. The molecule has 0 spiro atoms. The second-order valence-corrected chi connectivity index (χ2v) is 12.9. The normalized spacial score (nSPS) is 32.8. The van der Waals surface area contributed by atoms with Crippen LogP contribution in [0.15, 0.2) is 65.9 Å². The van der Waals surface area contributed by atoms with Gasteiger partial charge in [-0.3, -0.25) is 29.0 Å². The fraction of sp³-hybridized carbons (Fsp3) is 0.323. The second kappa shape index (κ2) is 9.17. The zero-order valence-corrected chi connectivity index (χ0v) is 24.1. The molecule has 2 aliphatic carbocycles. The second-order valence-electron chi connectivity index (χ2n) is 11.6. The highest BCUT2D eigenvalue weighted by Gasteiger charge is 2.76. The first-order valence-electron chi connectivity index (χ1n) is 13.7. The monoisotopic (exact) mass is 622 g/mol. The minimum atomic E-state index is -1.94. The van der Waals surface area contributed by atoms with Gasteiger partial charge < -0.3 is 14.9 Å². The first kappa shape index (κ1) is 27.7. The number of ether oxygens (including phenoxy) is 1. The molecule has 2 N–H and O–H groups in total. The van der Waals surface area contributed by atoms with Crippen molar-refractivity contribution < 1.29 is 38.9 Å². The van der Waals surface area contributed by atoms with Gasteiger partial charge >= 0.3 is 5.97 Å². The summed E-state index contributed by atoms with van der Waals surface area (Å²) in [6.07, 6.45) is 3.51. The van der Waals surface area contributed by atoms with Gasteiger partial charge in [0.05, 0.1) is 29.3 Å². The maximum atomic E-state index is 14.1. The Morgan fingerprint density at radius 2 is 1.79 bits per heavy atom. The van der Waals surface area contributed by atoms with Gasteiger partial charge in [-0.25, -0.2) is 4.79 Å². The molecular weight excluding hydrogens is 599 g/mol. The zero-order valence-electron chi connectivity index (χ0n) is 22.6. The number of allylic oxidation sites excluding steroid dienone is 3. The number of carboxylic acids is 1. The van der Waals surface area contributed by atoms with Crippen LogP contribution in [0.25, 0.3) is 0 Å². The largest absolute Gasteiger partial charge is 0.508 e. The summed E-state index contributed by atoms with van der Waals surface area (Å²) in [4.78, 5) is 64.8. The minimum Gasteiger partial charge on any atom is -0.508 e. The van der Waals surface area contributed by atoms with Crippen molar-refractivity contribution in [3.05, 3.63) is 77.1 Å². The summed E-state index contributed by atoms with van der Waals surface area (Å²) < 4.78 is 5.88. The molecule has 2 aromatic carbocycles. The van der Waals surface area contributed by atoms with Crippen LogP contribution in [-0.2, 0) is 25.6 Å². The maximum Gasteiger partial charge on any atom is 0.335 e. The molecule has 2 saturated heterocycles. The fourth-order valence-electron chi connectivity index (χ4n) is 7.59. The minimum absolute atomic E-state index is 0.0195. The van der Waals surface area contributed by atoms with Crippen molar-refractivity contribution in [2.75, 3.05) is 11.9 Å². The lowest BCUT2D eigenvalue weighted by Crippen LogP contribution is -2.61. The molecule has 220 valence electrons. The molecule has 12 heteroatoms. The fourth-order valence-corrected chi connectivity index (χ4v) is 8.62. The van der Waals surface area contributed by atoms with Crippen LogP contribution in [0.4, 0.5) is 5.69 Å². The highest BCUT2D eigenvalue weighted by molar-refractivity contribution is 6.53. The number of phenols is 1. The van der Waals surface area contributed by atoms with Crippen molar-refractivity contribution in [2.24, 2.45) is 23.7 Å². The predicted molar refractivity (Wildman–Crippen MR) is 153 cm³/mol. The summed E-state index contributed by atoms with van der Waals surface area (Å²) in [6.45, 7) is 0. The molecule has 3 aliphatic heterocycles. The summed E-state index contributed by atoms with van der Waals surface area (Å²) in [5.41, 5.74) is 1.84. The first-order chi connectivity index (χ1) is 20.4. The molecular formula is C31H24Cl2N2O8. The summed E-state index contributed by atoms with van der Waals surface area (Å²) in [5, 5.41) is 19.6. The van der Waals surface area contributed by atoms with E-state index in [0.29, 0.717) is 22.5 Å². The van der Waals surface area contributed by atoms with Crippen LogP contribution in [0, 0.1) is 23.7 Å².